The number of nitrogens with one attached hydrogen (secondary N) is 1. The molecule has 0 bridgehead atoms. The van der Waals surface area contributed by atoms with E-state index in [1.807, 2.05) is 54.6 Å². The number of aryl methyl sites for hydroxylation is 1. The van der Waals surface area contributed by atoms with Gasteiger partial charge in [-0.25, -0.2) is 0 Å². The predicted molar refractivity (Wildman–Crippen MR) is 122 cm³/mol. The number of halogens is 1. The molecule has 0 saturated heterocycles. The first kappa shape index (κ1) is 22.5. The Hall–Kier alpha value is -3.18. The number of rotatable bonds is 9. The number of amides is 2. The van der Waals surface area contributed by atoms with Gasteiger partial charge in [0.1, 0.15) is 6.04 Å². The molecule has 160 valence electrons. The van der Waals surface area contributed by atoms with Crippen molar-refractivity contribution in [2.24, 2.45) is 0 Å². The Balaban J connectivity index is 1.69. The first-order valence-corrected chi connectivity index (χ1v) is 10.6. The summed E-state index contributed by atoms with van der Waals surface area (Å²) in [6.45, 7) is 2.49. The van der Waals surface area contributed by atoms with Crippen molar-refractivity contribution in [3.8, 4) is 0 Å². The summed E-state index contributed by atoms with van der Waals surface area (Å²) < 4.78 is 0. The third kappa shape index (κ3) is 6.93. The van der Waals surface area contributed by atoms with E-state index in [9.17, 15) is 9.59 Å². The molecule has 1 N–H and O–H groups in total. The van der Waals surface area contributed by atoms with Gasteiger partial charge in [-0.2, -0.15) is 0 Å². The average molecular weight is 436 g/mol. The molecule has 0 fully saturated rings. The summed E-state index contributed by atoms with van der Waals surface area (Å²) in [5, 5.41) is 3.55. The van der Waals surface area contributed by atoms with Gasteiger partial charge in [0.25, 0.3) is 0 Å². The topological polar surface area (TPSA) is 62.3 Å². The van der Waals surface area contributed by atoms with Crippen LogP contribution in [0, 0.1) is 0 Å². The molecule has 3 aromatic rings. The SMILES string of the molecule is C[C@H](C(=O)NCc1ccncc1)N(Cc1ccc(Cl)cc1)C(=O)CCc1ccccc1. The largest absolute Gasteiger partial charge is 0.350 e. The van der Waals surface area contributed by atoms with Gasteiger partial charge in [-0.05, 0) is 54.3 Å². The number of carbonyl (C=O) groups is 2. The van der Waals surface area contributed by atoms with Crippen LogP contribution < -0.4 is 5.32 Å². The zero-order chi connectivity index (χ0) is 22.1. The minimum atomic E-state index is -0.610. The lowest BCUT2D eigenvalue weighted by atomic mass is 10.1. The fraction of sp³-hybridized carbons (Fsp3) is 0.240. The van der Waals surface area contributed by atoms with Gasteiger partial charge in [0.15, 0.2) is 0 Å². The fourth-order valence-corrected chi connectivity index (χ4v) is 3.37. The summed E-state index contributed by atoms with van der Waals surface area (Å²) in [5.41, 5.74) is 2.97. The van der Waals surface area contributed by atoms with E-state index in [1.54, 1.807) is 36.4 Å². The van der Waals surface area contributed by atoms with Gasteiger partial charge < -0.3 is 10.2 Å². The molecule has 0 aliphatic rings. The van der Waals surface area contributed by atoms with Crippen LogP contribution in [0.3, 0.4) is 0 Å². The average Bonchev–Trinajstić information content (AvgIpc) is 2.81. The van der Waals surface area contributed by atoms with Gasteiger partial charge in [-0.15, -0.1) is 0 Å². The quantitative estimate of drug-likeness (QED) is 0.541. The van der Waals surface area contributed by atoms with Crippen molar-refractivity contribution in [2.45, 2.75) is 38.9 Å². The van der Waals surface area contributed by atoms with Crippen LogP contribution in [0.1, 0.15) is 30.0 Å². The van der Waals surface area contributed by atoms with Gasteiger partial charge in [-0.3, -0.25) is 14.6 Å². The molecule has 5 nitrogen and oxygen atoms in total. The van der Waals surface area contributed by atoms with Crippen LogP contribution in [-0.2, 0) is 29.1 Å². The number of aromatic nitrogens is 1. The summed E-state index contributed by atoms with van der Waals surface area (Å²) in [7, 11) is 0. The molecule has 1 atom stereocenters. The van der Waals surface area contributed by atoms with Gasteiger partial charge in [0.05, 0.1) is 0 Å². The van der Waals surface area contributed by atoms with Gasteiger partial charge in [-0.1, -0.05) is 54.1 Å². The second-order valence-electron chi connectivity index (χ2n) is 7.38. The lowest BCUT2D eigenvalue weighted by Gasteiger charge is -2.29. The first-order valence-electron chi connectivity index (χ1n) is 10.3. The third-order valence-electron chi connectivity index (χ3n) is 5.12. The number of hydrogen-bond acceptors (Lipinski definition) is 3. The van der Waals surface area contributed by atoms with E-state index < -0.39 is 6.04 Å². The maximum absolute atomic E-state index is 13.1. The Bertz CT molecular complexity index is 979. The maximum atomic E-state index is 13.1. The van der Waals surface area contributed by atoms with E-state index in [0.717, 1.165) is 16.7 Å². The van der Waals surface area contributed by atoms with Gasteiger partial charge in [0.2, 0.25) is 11.8 Å². The summed E-state index contributed by atoms with van der Waals surface area (Å²) in [4.78, 5) is 31.6. The van der Waals surface area contributed by atoms with Crippen LogP contribution >= 0.6 is 11.6 Å². The number of carbonyl (C=O) groups excluding carboxylic acids is 2. The zero-order valence-corrected chi connectivity index (χ0v) is 18.3. The number of benzene rings is 2. The van der Waals surface area contributed by atoms with Crippen LogP contribution in [0.2, 0.25) is 5.02 Å². The normalized spacial score (nSPS) is 11.5. The standard InChI is InChI=1S/C25H26ClN3O2/c1-19(25(31)28-17-21-13-15-27-16-14-21)29(18-22-7-10-23(26)11-8-22)24(30)12-9-20-5-3-2-4-6-20/h2-8,10-11,13-16,19H,9,12,17-18H2,1H3,(H,28,31)/t19-/m1/s1. The molecule has 2 amide bonds. The van der Waals surface area contributed by atoms with Gasteiger partial charge >= 0.3 is 0 Å². The smallest absolute Gasteiger partial charge is 0.242 e. The van der Waals surface area contributed by atoms with E-state index in [2.05, 4.69) is 10.3 Å². The molecule has 0 saturated carbocycles. The van der Waals surface area contributed by atoms with Crippen molar-refractivity contribution in [1.82, 2.24) is 15.2 Å². The second-order valence-corrected chi connectivity index (χ2v) is 7.82. The zero-order valence-electron chi connectivity index (χ0n) is 17.5. The monoisotopic (exact) mass is 435 g/mol. The summed E-state index contributed by atoms with van der Waals surface area (Å²) in [5.74, 6) is -0.260. The highest BCUT2D eigenvalue weighted by Crippen LogP contribution is 2.15. The third-order valence-corrected chi connectivity index (χ3v) is 5.37. The highest BCUT2D eigenvalue weighted by molar-refractivity contribution is 6.30. The van der Waals surface area contributed by atoms with E-state index in [1.165, 1.54) is 0 Å². The van der Waals surface area contributed by atoms with Gasteiger partial charge in [0, 0.05) is 36.9 Å². The van der Waals surface area contributed by atoms with Crippen LogP contribution in [-0.4, -0.2) is 27.7 Å². The Morgan fingerprint density at radius 2 is 1.61 bits per heavy atom. The van der Waals surface area contributed by atoms with Crippen LogP contribution in [0.5, 0.6) is 0 Å². The van der Waals surface area contributed by atoms with E-state index in [4.69, 9.17) is 11.6 Å². The van der Waals surface area contributed by atoms with E-state index in [-0.39, 0.29) is 11.8 Å². The molecule has 0 unspecified atom stereocenters. The Morgan fingerprint density at radius 1 is 0.935 bits per heavy atom. The van der Waals surface area contributed by atoms with E-state index >= 15 is 0 Å². The molecule has 31 heavy (non-hydrogen) atoms. The minimum Gasteiger partial charge on any atom is -0.350 e. The minimum absolute atomic E-state index is 0.0645. The van der Waals surface area contributed by atoms with Crippen molar-refractivity contribution in [3.63, 3.8) is 0 Å². The molecular weight excluding hydrogens is 410 g/mol. The summed E-state index contributed by atoms with van der Waals surface area (Å²) >= 11 is 5.99. The number of hydrogen-bond donors (Lipinski definition) is 1. The van der Waals surface area contributed by atoms with Crippen molar-refractivity contribution < 1.29 is 9.59 Å². The second kappa shape index (κ2) is 11.3. The number of pyridine rings is 1. The molecule has 0 radical (unpaired) electrons. The van der Waals surface area contributed by atoms with Crippen molar-refractivity contribution >= 4 is 23.4 Å². The predicted octanol–water partition coefficient (Wildman–Crippen LogP) is 4.40. The Morgan fingerprint density at radius 3 is 2.29 bits per heavy atom. The molecule has 3 rings (SSSR count). The van der Waals surface area contributed by atoms with E-state index in [0.29, 0.717) is 31.0 Å². The Kier molecular flexibility index (Phi) is 8.19. The molecule has 6 heteroatoms. The summed E-state index contributed by atoms with van der Waals surface area (Å²) in [6, 6.07) is 20.3. The Labute approximate surface area is 188 Å². The molecule has 1 heterocycles. The summed E-state index contributed by atoms with van der Waals surface area (Å²) in [6.07, 6.45) is 4.33. The molecule has 0 spiro atoms. The van der Waals surface area contributed by atoms with Crippen molar-refractivity contribution in [2.75, 3.05) is 0 Å². The highest BCUT2D eigenvalue weighted by atomic mass is 35.5. The highest BCUT2D eigenvalue weighted by Gasteiger charge is 2.25. The lowest BCUT2D eigenvalue weighted by molar-refractivity contribution is -0.140. The lowest BCUT2D eigenvalue weighted by Crippen LogP contribution is -2.47. The maximum Gasteiger partial charge on any atom is 0.242 e. The first-order chi connectivity index (χ1) is 15.0. The molecule has 0 aliphatic carbocycles. The van der Waals surface area contributed by atoms with Crippen LogP contribution in [0.25, 0.3) is 0 Å². The number of nitrogens with zero attached hydrogens (tertiary/aromatic N) is 2. The molecule has 0 aliphatic heterocycles. The fourth-order valence-electron chi connectivity index (χ4n) is 3.25. The van der Waals surface area contributed by atoms with Crippen molar-refractivity contribution in [3.05, 3.63) is 101 Å². The van der Waals surface area contributed by atoms with Crippen molar-refractivity contribution in [1.29, 1.82) is 0 Å². The molecule has 1 aromatic heterocycles. The van der Waals surface area contributed by atoms with Crippen LogP contribution in [0.4, 0.5) is 0 Å². The molecule has 2 aromatic carbocycles. The molecular formula is C25H26ClN3O2. The van der Waals surface area contributed by atoms with Crippen LogP contribution in [0.15, 0.2) is 79.1 Å².